The number of aliphatic carboxylic acids is 1. The summed E-state index contributed by atoms with van der Waals surface area (Å²) in [5, 5.41) is 12.3. The van der Waals surface area contributed by atoms with Crippen molar-refractivity contribution in [3.05, 3.63) is 0 Å². The molecule has 2 N–H and O–H groups in total. The fourth-order valence-corrected chi connectivity index (χ4v) is 2.14. The highest BCUT2D eigenvalue weighted by Gasteiger charge is 2.32. The van der Waals surface area contributed by atoms with E-state index in [2.05, 4.69) is 5.32 Å². The van der Waals surface area contributed by atoms with Crippen molar-refractivity contribution < 1.29 is 14.7 Å². The first-order valence-electron chi connectivity index (χ1n) is 5.82. The second kappa shape index (κ2) is 5.84. The molecule has 0 aromatic heterocycles. The fraction of sp³-hybridized carbons (Fsp3) is 0.818. The highest BCUT2D eigenvalue weighted by atomic mass is 16.4. The van der Waals surface area contributed by atoms with E-state index in [9.17, 15) is 9.59 Å². The van der Waals surface area contributed by atoms with E-state index in [-0.39, 0.29) is 11.9 Å². The van der Waals surface area contributed by atoms with E-state index < -0.39 is 11.9 Å². The minimum absolute atomic E-state index is 0.0360. The lowest BCUT2D eigenvalue weighted by Gasteiger charge is -2.36. The standard InChI is InChI=1S/C11H20N2O3/c1-3-10(14)13-6-8(11(15)16)5-9(7-13)12-4-2/h8-9,12H,3-7H2,1-2H3,(H,15,16). The number of nitrogens with one attached hydrogen (secondary N) is 1. The number of likely N-dealkylation sites (N-methyl/N-ethyl adjacent to an activating group) is 1. The predicted octanol–water partition coefficient (Wildman–Crippen LogP) is 0.308. The highest BCUT2D eigenvalue weighted by molar-refractivity contribution is 5.77. The zero-order valence-corrected chi connectivity index (χ0v) is 9.90. The normalized spacial score (nSPS) is 25.5. The molecule has 0 bridgehead atoms. The van der Waals surface area contributed by atoms with Crippen molar-refractivity contribution >= 4 is 11.9 Å². The first-order chi connectivity index (χ1) is 7.58. The number of piperidine rings is 1. The first kappa shape index (κ1) is 13.0. The summed E-state index contributed by atoms with van der Waals surface area (Å²) < 4.78 is 0. The Hall–Kier alpha value is -1.10. The summed E-state index contributed by atoms with van der Waals surface area (Å²) >= 11 is 0. The molecule has 0 spiro atoms. The van der Waals surface area contributed by atoms with Gasteiger partial charge in [-0.25, -0.2) is 0 Å². The first-order valence-corrected chi connectivity index (χ1v) is 5.82. The molecule has 1 heterocycles. The van der Waals surface area contributed by atoms with Crippen LogP contribution in [-0.2, 0) is 9.59 Å². The zero-order chi connectivity index (χ0) is 12.1. The number of carbonyl (C=O) groups excluding carboxylic acids is 1. The van der Waals surface area contributed by atoms with Gasteiger partial charge in [-0.15, -0.1) is 0 Å². The number of carboxylic acid groups (broad SMARTS) is 1. The van der Waals surface area contributed by atoms with Crippen LogP contribution in [0, 0.1) is 5.92 Å². The zero-order valence-electron chi connectivity index (χ0n) is 9.90. The smallest absolute Gasteiger partial charge is 0.308 e. The van der Waals surface area contributed by atoms with Gasteiger partial charge in [-0.1, -0.05) is 13.8 Å². The van der Waals surface area contributed by atoms with Crippen LogP contribution in [0.5, 0.6) is 0 Å². The molecule has 1 saturated heterocycles. The highest BCUT2D eigenvalue weighted by Crippen LogP contribution is 2.18. The van der Waals surface area contributed by atoms with Crippen molar-refractivity contribution in [3.63, 3.8) is 0 Å². The molecule has 0 radical (unpaired) electrons. The number of nitrogens with zero attached hydrogens (tertiary/aromatic N) is 1. The summed E-state index contributed by atoms with van der Waals surface area (Å²) in [5.41, 5.74) is 0. The second-order valence-electron chi connectivity index (χ2n) is 4.18. The van der Waals surface area contributed by atoms with Gasteiger partial charge in [-0.2, -0.15) is 0 Å². The Bertz CT molecular complexity index is 268. The summed E-state index contributed by atoms with van der Waals surface area (Å²) in [6, 6.07) is 0.107. The fourth-order valence-electron chi connectivity index (χ4n) is 2.14. The largest absolute Gasteiger partial charge is 0.481 e. The van der Waals surface area contributed by atoms with Gasteiger partial charge in [0, 0.05) is 25.6 Å². The van der Waals surface area contributed by atoms with Crippen LogP contribution in [0.4, 0.5) is 0 Å². The molecule has 16 heavy (non-hydrogen) atoms. The molecule has 1 rings (SSSR count). The van der Waals surface area contributed by atoms with Crippen LogP contribution in [0.15, 0.2) is 0 Å². The van der Waals surface area contributed by atoms with Gasteiger partial charge in [0.25, 0.3) is 0 Å². The predicted molar refractivity (Wildman–Crippen MR) is 60.1 cm³/mol. The molecule has 1 amide bonds. The minimum Gasteiger partial charge on any atom is -0.481 e. The maximum absolute atomic E-state index is 11.6. The molecule has 92 valence electrons. The molecule has 5 nitrogen and oxygen atoms in total. The number of hydrogen-bond donors (Lipinski definition) is 2. The molecule has 0 aromatic carbocycles. The molecule has 1 aliphatic rings. The summed E-state index contributed by atoms with van der Waals surface area (Å²) in [4.78, 5) is 24.2. The van der Waals surface area contributed by atoms with Gasteiger partial charge in [0.1, 0.15) is 0 Å². The molecular weight excluding hydrogens is 208 g/mol. The van der Waals surface area contributed by atoms with E-state index in [1.807, 2.05) is 6.92 Å². The quantitative estimate of drug-likeness (QED) is 0.726. The third-order valence-corrected chi connectivity index (χ3v) is 2.95. The van der Waals surface area contributed by atoms with Gasteiger partial charge in [0.05, 0.1) is 5.92 Å². The van der Waals surface area contributed by atoms with Gasteiger partial charge in [0.15, 0.2) is 0 Å². The SMILES string of the molecule is CCNC1CC(C(=O)O)CN(C(=O)CC)C1. The molecule has 1 aliphatic heterocycles. The number of rotatable bonds is 4. The van der Waals surface area contributed by atoms with Gasteiger partial charge in [-0.3, -0.25) is 9.59 Å². The van der Waals surface area contributed by atoms with Crippen LogP contribution in [-0.4, -0.2) is 47.6 Å². The lowest BCUT2D eigenvalue weighted by molar-refractivity contribution is -0.146. The molecule has 0 saturated carbocycles. The molecule has 2 atom stereocenters. The Balaban J connectivity index is 2.66. The Morgan fingerprint density at radius 1 is 1.38 bits per heavy atom. The topological polar surface area (TPSA) is 69.6 Å². The number of carboxylic acids is 1. The van der Waals surface area contributed by atoms with Crippen molar-refractivity contribution in [2.75, 3.05) is 19.6 Å². The minimum atomic E-state index is -0.809. The van der Waals surface area contributed by atoms with E-state index >= 15 is 0 Å². The summed E-state index contributed by atoms with van der Waals surface area (Å²) in [6.07, 6.45) is 1.04. The molecule has 2 unspecified atom stereocenters. The van der Waals surface area contributed by atoms with E-state index in [0.717, 1.165) is 6.54 Å². The van der Waals surface area contributed by atoms with E-state index in [0.29, 0.717) is 25.9 Å². The summed E-state index contributed by atoms with van der Waals surface area (Å²) in [6.45, 7) is 5.56. The molecule has 5 heteroatoms. The number of amides is 1. The monoisotopic (exact) mass is 228 g/mol. The van der Waals surface area contributed by atoms with Gasteiger partial charge in [-0.05, 0) is 13.0 Å². The van der Waals surface area contributed by atoms with Crippen LogP contribution in [0.3, 0.4) is 0 Å². The van der Waals surface area contributed by atoms with Gasteiger partial charge in [0.2, 0.25) is 5.91 Å². The molecular formula is C11H20N2O3. The maximum atomic E-state index is 11.6. The van der Waals surface area contributed by atoms with Crippen LogP contribution in [0.2, 0.25) is 0 Å². The second-order valence-corrected chi connectivity index (χ2v) is 4.18. The van der Waals surface area contributed by atoms with Crippen LogP contribution in [0.1, 0.15) is 26.7 Å². The van der Waals surface area contributed by atoms with Crippen LogP contribution in [0.25, 0.3) is 0 Å². The van der Waals surface area contributed by atoms with E-state index in [1.165, 1.54) is 0 Å². The number of carbonyl (C=O) groups is 2. The third kappa shape index (κ3) is 3.20. The van der Waals surface area contributed by atoms with Crippen molar-refractivity contribution in [1.29, 1.82) is 0 Å². The Kier molecular flexibility index (Phi) is 4.73. The van der Waals surface area contributed by atoms with E-state index in [1.54, 1.807) is 11.8 Å². The van der Waals surface area contributed by atoms with Gasteiger partial charge >= 0.3 is 5.97 Å². The van der Waals surface area contributed by atoms with Crippen molar-refractivity contribution in [2.24, 2.45) is 5.92 Å². The third-order valence-electron chi connectivity index (χ3n) is 2.95. The Morgan fingerprint density at radius 2 is 2.06 bits per heavy atom. The Morgan fingerprint density at radius 3 is 2.56 bits per heavy atom. The molecule has 1 fully saturated rings. The number of likely N-dealkylation sites (tertiary alicyclic amines) is 1. The lowest BCUT2D eigenvalue weighted by atomic mass is 9.94. The van der Waals surface area contributed by atoms with Gasteiger partial charge < -0.3 is 15.3 Å². The summed E-state index contributed by atoms with van der Waals surface area (Å²) in [5.74, 6) is -1.21. The molecule has 0 aliphatic carbocycles. The average molecular weight is 228 g/mol. The van der Waals surface area contributed by atoms with Crippen molar-refractivity contribution in [1.82, 2.24) is 10.2 Å². The van der Waals surface area contributed by atoms with Crippen molar-refractivity contribution in [2.45, 2.75) is 32.7 Å². The van der Waals surface area contributed by atoms with Crippen LogP contribution >= 0.6 is 0 Å². The van der Waals surface area contributed by atoms with Crippen LogP contribution < -0.4 is 5.32 Å². The Labute approximate surface area is 95.8 Å². The van der Waals surface area contributed by atoms with E-state index in [4.69, 9.17) is 5.11 Å². The maximum Gasteiger partial charge on any atom is 0.308 e. The van der Waals surface area contributed by atoms with Crippen molar-refractivity contribution in [3.8, 4) is 0 Å². The number of hydrogen-bond acceptors (Lipinski definition) is 3. The molecule has 0 aromatic rings. The summed E-state index contributed by atoms with van der Waals surface area (Å²) in [7, 11) is 0. The average Bonchev–Trinajstić information content (AvgIpc) is 2.28. The lowest BCUT2D eigenvalue weighted by Crippen LogP contribution is -2.52.